The minimum absolute atomic E-state index is 0.100. The summed E-state index contributed by atoms with van der Waals surface area (Å²) in [6.07, 6.45) is 1.78. The monoisotopic (exact) mass is 374 g/mol. The number of fused-ring (bicyclic) bond motifs is 1. The Kier molecular flexibility index (Phi) is 5.50. The lowest BCUT2D eigenvalue weighted by atomic mass is 9.97. The molecule has 0 aliphatic carbocycles. The zero-order valence-electron chi connectivity index (χ0n) is 15.7. The number of benzene rings is 1. The van der Waals surface area contributed by atoms with Crippen LogP contribution in [-0.2, 0) is 18.9 Å². The van der Waals surface area contributed by atoms with Gasteiger partial charge in [0.15, 0.2) is 0 Å². The van der Waals surface area contributed by atoms with E-state index in [1.165, 1.54) is 0 Å². The SMILES string of the molecule is Cn1c(=O)n(C)c2cc(NC(=O)NCCN3CCC[C@H](C(N)=O)C3)ccc21. The van der Waals surface area contributed by atoms with Gasteiger partial charge in [-0.2, -0.15) is 0 Å². The van der Waals surface area contributed by atoms with Crippen LogP contribution in [0.3, 0.4) is 0 Å². The second kappa shape index (κ2) is 7.83. The van der Waals surface area contributed by atoms with Crippen molar-refractivity contribution >= 4 is 28.7 Å². The number of amides is 3. The number of carbonyl (C=O) groups is 2. The van der Waals surface area contributed by atoms with Gasteiger partial charge in [-0.15, -0.1) is 0 Å². The topological polar surface area (TPSA) is 114 Å². The molecule has 1 aliphatic heterocycles. The summed E-state index contributed by atoms with van der Waals surface area (Å²) in [6.45, 7) is 2.70. The third kappa shape index (κ3) is 4.13. The van der Waals surface area contributed by atoms with Crippen molar-refractivity contribution in [3.8, 4) is 0 Å². The number of piperidine rings is 1. The van der Waals surface area contributed by atoms with Gasteiger partial charge in [0.2, 0.25) is 5.91 Å². The van der Waals surface area contributed by atoms with E-state index in [-0.39, 0.29) is 23.5 Å². The highest BCUT2D eigenvalue weighted by Gasteiger charge is 2.23. The maximum Gasteiger partial charge on any atom is 0.328 e. The van der Waals surface area contributed by atoms with Crippen LogP contribution >= 0.6 is 0 Å². The molecule has 0 spiro atoms. The first-order valence-electron chi connectivity index (χ1n) is 9.09. The van der Waals surface area contributed by atoms with Gasteiger partial charge in [-0.1, -0.05) is 0 Å². The highest BCUT2D eigenvalue weighted by atomic mass is 16.2. The van der Waals surface area contributed by atoms with Crippen LogP contribution in [0.2, 0.25) is 0 Å². The number of rotatable bonds is 5. The fourth-order valence-corrected chi connectivity index (χ4v) is 3.58. The summed E-state index contributed by atoms with van der Waals surface area (Å²) in [7, 11) is 3.42. The Morgan fingerprint density at radius 3 is 2.70 bits per heavy atom. The van der Waals surface area contributed by atoms with Crippen LogP contribution in [0.1, 0.15) is 12.8 Å². The van der Waals surface area contributed by atoms with Crippen LogP contribution < -0.4 is 22.1 Å². The standard InChI is InChI=1S/C18H26N6O3/c1-22-14-6-5-13(10-15(14)23(2)18(22)27)21-17(26)20-7-9-24-8-3-4-12(11-24)16(19)25/h5-6,10,12H,3-4,7-9,11H2,1-2H3,(H2,19,25)(H2,20,21,26)/t12-/m0/s1. The van der Waals surface area contributed by atoms with Crippen molar-refractivity contribution in [1.82, 2.24) is 19.4 Å². The second-order valence-electron chi connectivity index (χ2n) is 7.03. The molecule has 27 heavy (non-hydrogen) atoms. The Balaban J connectivity index is 1.52. The molecule has 9 heteroatoms. The smallest absolute Gasteiger partial charge is 0.328 e. The molecule has 2 heterocycles. The molecule has 9 nitrogen and oxygen atoms in total. The number of urea groups is 1. The molecule has 1 atom stereocenters. The Morgan fingerprint density at radius 2 is 1.96 bits per heavy atom. The minimum atomic E-state index is -0.307. The maximum absolute atomic E-state index is 12.1. The molecule has 1 fully saturated rings. The van der Waals surface area contributed by atoms with E-state index in [2.05, 4.69) is 15.5 Å². The molecule has 0 bridgehead atoms. The zero-order chi connectivity index (χ0) is 19.6. The predicted molar refractivity (Wildman–Crippen MR) is 104 cm³/mol. The van der Waals surface area contributed by atoms with Crippen LogP contribution in [0.4, 0.5) is 10.5 Å². The number of nitrogens with one attached hydrogen (secondary N) is 2. The molecule has 1 aliphatic rings. The van der Waals surface area contributed by atoms with E-state index in [0.717, 1.165) is 30.4 Å². The molecule has 1 aromatic heterocycles. The number of anilines is 1. The summed E-state index contributed by atoms with van der Waals surface area (Å²) in [5, 5.41) is 5.61. The fraction of sp³-hybridized carbons (Fsp3) is 0.500. The molecular formula is C18H26N6O3. The molecule has 0 radical (unpaired) electrons. The number of carbonyl (C=O) groups excluding carboxylic acids is 2. The lowest BCUT2D eigenvalue weighted by Gasteiger charge is -2.31. The number of likely N-dealkylation sites (tertiary alicyclic amines) is 1. The molecule has 3 amide bonds. The molecule has 1 saturated heterocycles. The number of nitrogens with two attached hydrogens (primary N) is 1. The number of imidazole rings is 1. The molecule has 0 unspecified atom stereocenters. The predicted octanol–water partition coefficient (Wildman–Crippen LogP) is 0.196. The van der Waals surface area contributed by atoms with E-state index in [0.29, 0.717) is 25.3 Å². The van der Waals surface area contributed by atoms with Crippen molar-refractivity contribution in [3.63, 3.8) is 0 Å². The second-order valence-corrected chi connectivity index (χ2v) is 7.03. The van der Waals surface area contributed by atoms with Crippen molar-refractivity contribution in [2.75, 3.05) is 31.5 Å². The highest BCUT2D eigenvalue weighted by molar-refractivity contribution is 5.92. The quantitative estimate of drug-likeness (QED) is 0.693. The first kappa shape index (κ1) is 19.0. The van der Waals surface area contributed by atoms with Crippen molar-refractivity contribution in [2.24, 2.45) is 25.7 Å². The molecule has 1 aromatic carbocycles. The minimum Gasteiger partial charge on any atom is -0.369 e. The van der Waals surface area contributed by atoms with Gasteiger partial charge in [-0.3, -0.25) is 13.9 Å². The Morgan fingerprint density at radius 1 is 1.22 bits per heavy atom. The van der Waals surface area contributed by atoms with E-state index >= 15 is 0 Å². The number of nitrogens with zero attached hydrogens (tertiary/aromatic N) is 3. The van der Waals surface area contributed by atoms with Crippen molar-refractivity contribution in [1.29, 1.82) is 0 Å². The molecule has 3 rings (SSSR count). The molecule has 146 valence electrons. The van der Waals surface area contributed by atoms with Crippen molar-refractivity contribution < 1.29 is 9.59 Å². The van der Waals surface area contributed by atoms with Gasteiger partial charge in [-0.05, 0) is 37.6 Å². The highest BCUT2D eigenvalue weighted by Crippen LogP contribution is 2.17. The van der Waals surface area contributed by atoms with Crippen LogP contribution in [0.15, 0.2) is 23.0 Å². The number of hydrogen-bond donors (Lipinski definition) is 3. The Hall–Kier alpha value is -2.81. The lowest BCUT2D eigenvalue weighted by molar-refractivity contribution is -0.123. The van der Waals surface area contributed by atoms with E-state index in [9.17, 15) is 14.4 Å². The van der Waals surface area contributed by atoms with Gasteiger partial charge >= 0.3 is 11.7 Å². The van der Waals surface area contributed by atoms with Gasteiger partial charge in [0.05, 0.1) is 17.0 Å². The summed E-state index contributed by atoms with van der Waals surface area (Å²) in [5.74, 6) is -0.354. The summed E-state index contributed by atoms with van der Waals surface area (Å²) >= 11 is 0. The van der Waals surface area contributed by atoms with Crippen LogP contribution in [0.25, 0.3) is 11.0 Å². The van der Waals surface area contributed by atoms with E-state index in [1.54, 1.807) is 35.4 Å². The van der Waals surface area contributed by atoms with Gasteiger partial charge in [0.25, 0.3) is 0 Å². The third-order valence-corrected chi connectivity index (χ3v) is 5.15. The first-order chi connectivity index (χ1) is 12.9. The number of aryl methyl sites for hydroxylation is 2. The van der Waals surface area contributed by atoms with E-state index < -0.39 is 0 Å². The van der Waals surface area contributed by atoms with Gasteiger partial charge < -0.3 is 21.3 Å². The number of primary amides is 1. The molecule has 4 N–H and O–H groups in total. The average Bonchev–Trinajstić information content (AvgIpc) is 2.86. The average molecular weight is 374 g/mol. The number of aromatic nitrogens is 2. The summed E-state index contributed by atoms with van der Waals surface area (Å²) in [6, 6.07) is 5.05. The number of hydrogen-bond acceptors (Lipinski definition) is 4. The first-order valence-corrected chi connectivity index (χ1v) is 9.09. The van der Waals surface area contributed by atoms with Crippen LogP contribution in [-0.4, -0.2) is 52.2 Å². The summed E-state index contributed by atoms with van der Waals surface area (Å²) in [4.78, 5) is 37.6. The molecule has 0 saturated carbocycles. The fourth-order valence-electron chi connectivity index (χ4n) is 3.58. The summed E-state index contributed by atoms with van der Waals surface area (Å²) < 4.78 is 3.11. The zero-order valence-corrected chi connectivity index (χ0v) is 15.7. The Bertz CT molecular complexity index is 916. The molecular weight excluding hydrogens is 348 g/mol. The normalized spacial score (nSPS) is 17.8. The van der Waals surface area contributed by atoms with E-state index in [4.69, 9.17) is 5.73 Å². The maximum atomic E-state index is 12.1. The van der Waals surface area contributed by atoms with Gasteiger partial charge in [0, 0.05) is 39.4 Å². The van der Waals surface area contributed by atoms with Crippen molar-refractivity contribution in [3.05, 3.63) is 28.7 Å². The van der Waals surface area contributed by atoms with E-state index in [1.807, 2.05) is 6.07 Å². The van der Waals surface area contributed by atoms with Gasteiger partial charge in [-0.25, -0.2) is 9.59 Å². The summed E-state index contributed by atoms with van der Waals surface area (Å²) in [5.41, 5.74) is 7.46. The Labute approximate surface area is 157 Å². The lowest BCUT2D eigenvalue weighted by Crippen LogP contribution is -2.44. The van der Waals surface area contributed by atoms with Crippen molar-refractivity contribution in [2.45, 2.75) is 12.8 Å². The van der Waals surface area contributed by atoms with Crippen LogP contribution in [0, 0.1) is 5.92 Å². The molecule has 2 aromatic rings. The van der Waals surface area contributed by atoms with Crippen LogP contribution in [0.5, 0.6) is 0 Å². The largest absolute Gasteiger partial charge is 0.369 e. The van der Waals surface area contributed by atoms with Gasteiger partial charge in [0.1, 0.15) is 0 Å². The third-order valence-electron chi connectivity index (χ3n) is 5.15.